The molecular formula is C19H24N4O3. The number of aliphatic hydroxyl groups excluding tert-OH is 1. The average Bonchev–Trinajstić information content (AvgIpc) is 3.20. The third-order valence-corrected chi connectivity index (χ3v) is 4.38. The molecule has 7 heteroatoms. The van der Waals surface area contributed by atoms with E-state index in [-0.39, 0.29) is 6.61 Å². The van der Waals surface area contributed by atoms with E-state index in [1.54, 1.807) is 20.4 Å². The summed E-state index contributed by atoms with van der Waals surface area (Å²) in [6.45, 7) is 4.95. The zero-order chi connectivity index (χ0) is 18.7. The molecule has 0 aliphatic heterocycles. The van der Waals surface area contributed by atoms with Crippen LogP contribution in [0.2, 0.25) is 0 Å². The number of imidazole rings is 1. The Balaban J connectivity index is 2.09. The van der Waals surface area contributed by atoms with Crippen LogP contribution >= 0.6 is 0 Å². The molecule has 26 heavy (non-hydrogen) atoms. The van der Waals surface area contributed by atoms with Gasteiger partial charge in [-0.1, -0.05) is 0 Å². The lowest BCUT2D eigenvalue weighted by atomic mass is 10.1. The number of ether oxygens (including phenoxy) is 2. The smallest absolute Gasteiger partial charge is 0.144 e. The number of aryl methyl sites for hydroxylation is 1. The third kappa shape index (κ3) is 3.23. The Kier molecular flexibility index (Phi) is 5.39. The van der Waals surface area contributed by atoms with Gasteiger partial charge in [0.25, 0.3) is 0 Å². The van der Waals surface area contributed by atoms with E-state index in [2.05, 4.69) is 10.1 Å². The van der Waals surface area contributed by atoms with Crippen LogP contribution in [0.15, 0.2) is 30.6 Å². The summed E-state index contributed by atoms with van der Waals surface area (Å²) >= 11 is 0. The minimum absolute atomic E-state index is 0.0526. The Morgan fingerprint density at radius 1 is 1.19 bits per heavy atom. The number of aromatic nitrogens is 4. The van der Waals surface area contributed by atoms with Crippen molar-refractivity contribution in [3.8, 4) is 22.8 Å². The predicted octanol–water partition coefficient (Wildman–Crippen LogP) is 2.50. The number of methoxy groups -OCH3 is 2. The summed E-state index contributed by atoms with van der Waals surface area (Å²) in [4.78, 5) is 4.55. The van der Waals surface area contributed by atoms with Crippen molar-refractivity contribution in [3.05, 3.63) is 47.5 Å². The Labute approximate surface area is 152 Å². The first-order valence-electron chi connectivity index (χ1n) is 8.45. The maximum absolute atomic E-state index is 9.23. The molecule has 0 aliphatic carbocycles. The molecule has 0 unspecified atom stereocenters. The van der Waals surface area contributed by atoms with E-state index in [0.29, 0.717) is 13.2 Å². The lowest BCUT2D eigenvalue weighted by Gasteiger charge is -2.12. The van der Waals surface area contributed by atoms with Gasteiger partial charge in [0.2, 0.25) is 0 Å². The Morgan fingerprint density at radius 2 is 2.00 bits per heavy atom. The normalized spacial score (nSPS) is 11.1. The van der Waals surface area contributed by atoms with Crippen LogP contribution in [0, 0.1) is 13.8 Å². The van der Waals surface area contributed by atoms with Crippen molar-refractivity contribution in [2.24, 2.45) is 0 Å². The van der Waals surface area contributed by atoms with E-state index in [1.165, 1.54) is 0 Å². The Morgan fingerprint density at radius 3 is 2.69 bits per heavy atom. The highest BCUT2D eigenvalue weighted by Gasteiger charge is 2.17. The van der Waals surface area contributed by atoms with Crippen LogP contribution in [0.3, 0.4) is 0 Å². The van der Waals surface area contributed by atoms with Crippen molar-refractivity contribution in [3.63, 3.8) is 0 Å². The van der Waals surface area contributed by atoms with Gasteiger partial charge < -0.3 is 14.6 Å². The van der Waals surface area contributed by atoms with Crippen LogP contribution in [0.1, 0.15) is 17.0 Å². The topological polar surface area (TPSA) is 74.3 Å². The number of benzene rings is 1. The first-order valence-corrected chi connectivity index (χ1v) is 8.45. The quantitative estimate of drug-likeness (QED) is 0.704. The standard InChI is InChI=1S/C19H24N4O3/c1-13-18(14(2)23(21-13)9-10-24)22-8-7-20-19(22)15-5-6-17(26-4)16(11-15)12-25-3/h5-8,11,24H,9-10,12H2,1-4H3. The maximum atomic E-state index is 9.23. The second-order valence-electron chi connectivity index (χ2n) is 6.05. The molecule has 1 aromatic carbocycles. The highest BCUT2D eigenvalue weighted by atomic mass is 16.5. The summed E-state index contributed by atoms with van der Waals surface area (Å²) < 4.78 is 14.5. The molecule has 1 N–H and O–H groups in total. The van der Waals surface area contributed by atoms with Crippen molar-refractivity contribution in [2.75, 3.05) is 20.8 Å². The van der Waals surface area contributed by atoms with Gasteiger partial charge >= 0.3 is 0 Å². The molecule has 0 saturated heterocycles. The van der Waals surface area contributed by atoms with Crippen LogP contribution in [0.25, 0.3) is 17.1 Å². The molecule has 0 fully saturated rings. The summed E-state index contributed by atoms with van der Waals surface area (Å²) in [5.41, 5.74) is 4.79. The molecule has 2 heterocycles. The summed E-state index contributed by atoms with van der Waals surface area (Å²) in [6, 6.07) is 5.95. The number of rotatable bonds is 7. The van der Waals surface area contributed by atoms with Crippen LogP contribution in [0.5, 0.6) is 5.75 Å². The number of hydrogen-bond donors (Lipinski definition) is 1. The van der Waals surface area contributed by atoms with E-state index < -0.39 is 0 Å². The molecular weight excluding hydrogens is 332 g/mol. The summed E-state index contributed by atoms with van der Waals surface area (Å²) in [5, 5.41) is 13.8. The molecule has 138 valence electrons. The minimum atomic E-state index is 0.0526. The van der Waals surface area contributed by atoms with Crippen molar-refractivity contribution in [2.45, 2.75) is 27.0 Å². The number of hydrogen-bond acceptors (Lipinski definition) is 5. The molecule has 3 aromatic rings. The highest BCUT2D eigenvalue weighted by Crippen LogP contribution is 2.29. The van der Waals surface area contributed by atoms with Crippen molar-refractivity contribution in [1.29, 1.82) is 0 Å². The van der Waals surface area contributed by atoms with E-state index in [9.17, 15) is 5.11 Å². The average molecular weight is 356 g/mol. The number of aliphatic hydroxyl groups is 1. The molecule has 0 amide bonds. The monoisotopic (exact) mass is 356 g/mol. The van der Waals surface area contributed by atoms with E-state index >= 15 is 0 Å². The first-order chi connectivity index (χ1) is 12.6. The largest absolute Gasteiger partial charge is 0.496 e. The maximum Gasteiger partial charge on any atom is 0.144 e. The van der Waals surface area contributed by atoms with Gasteiger partial charge in [-0.3, -0.25) is 9.25 Å². The Hall–Kier alpha value is -2.64. The molecule has 0 aliphatic rings. The molecule has 0 radical (unpaired) electrons. The molecule has 0 bridgehead atoms. The predicted molar refractivity (Wildman–Crippen MR) is 98.6 cm³/mol. The molecule has 7 nitrogen and oxygen atoms in total. The van der Waals surface area contributed by atoms with Crippen LogP contribution in [0.4, 0.5) is 0 Å². The second-order valence-corrected chi connectivity index (χ2v) is 6.05. The summed E-state index contributed by atoms with van der Waals surface area (Å²) in [6.07, 6.45) is 3.70. The van der Waals surface area contributed by atoms with E-state index in [0.717, 1.165) is 39.8 Å². The second kappa shape index (κ2) is 7.72. The van der Waals surface area contributed by atoms with E-state index in [1.807, 2.05) is 47.5 Å². The van der Waals surface area contributed by atoms with Gasteiger partial charge in [0.1, 0.15) is 11.6 Å². The van der Waals surface area contributed by atoms with Crippen LogP contribution in [-0.4, -0.2) is 45.3 Å². The Bertz CT molecular complexity index is 898. The lowest BCUT2D eigenvalue weighted by molar-refractivity contribution is 0.181. The van der Waals surface area contributed by atoms with Crippen LogP contribution in [-0.2, 0) is 17.9 Å². The van der Waals surface area contributed by atoms with Gasteiger partial charge in [-0.2, -0.15) is 5.10 Å². The third-order valence-electron chi connectivity index (χ3n) is 4.38. The highest BCUT2D eigenvalue weighted by molar-refractivity contribution is 5.62. The lowest BCUT2D eigenvalue weighted by Crippen LogP contribution is -2.06. The van der Waals surface area contributed by atoms with Gasteiger partial charge in [-0.15, -0.1) is 0 Å². The van der Waals surface area contributed by atoms with Crippen molar-refractivity contribution < 1.29 is 14.6 Å². The molecule has 2 aromatic heterocycles. The fourth-order valence-electron chi connectivity index (χ4n) is 3.23. The first kappa shape index (κ1) is 18.2. The van der Waals surface area contributed by atoms with Gasteiger partial charge in [0.15, 0.2) is 0 Å². The van der Waals surface area contributed by atoms with Crippen LogP contribution < -0.4 is 4.74 Å². The van der Waals surface area contributed by atoms with Gasteiger partial charge in [-0.25, -0.2) is 4.98 Å². The number of nitrogens with zero attached hydrogens (tertiary/aromatic N) is 4. The minimum Gasteiger partial charge on any atom is -0.496 e. The zero-order valence-corrected chi connectivity index (χ0v) is 15.6. The van der Waals surface area contributed by atoms with Crippen molar-refractivity contribution >= 4 is 0 Å². The zero-order valence-electron chi connectivity index (χ0n) is 15.6. The van der Waals surface area contributed by atoms with Gasteiger partial charge in [0.05, 0.1) is 43.9 Å². The SMILES string of the molecule is COCc1cc(-c2nccn2-c2c(C)nn(CCO)c2C)ccc1OC. The molecule has 0 spiro atoms. The summed E-state index contributed by atoms with van der Waals surface area (Å²) in [7, 11) is 3.31. The molecule has 0 saturated carbocycles. The molecule has 3 rings (SSSR count). The summed E-state index contributed by atoms with van der Waals surface area (Å²) in [5.74, 6) is 1.61. The van der Waals surface area contributed by atoms with E-state index in [4.69, 9.17) is 9.47 Å². The van der Waals surface area contributed by atoms with Gasteiger partial charge in [-0.05, 0) is 32.0 Å². The molecule has 0 atom stereocenters. The fourth-order valence-corrected chi connectivity index (χ4v) is 3.23. The fraction of sp³-hybridized carbons (Fsp3) is 0.368. The van der Waals surface area contributed by atoms with Gasteiger partial charge in [0, 0.05) is 30.6 Å². The van der Waals surface area contributed by atoms with Crippen molar-refractivity contribution in [1.82, 2.24) is 19.3 Å².